The van der Waals surface area contributed by atoms with Crippen molar-refractivity contribution in [2.75, 3.05) is 0 Å². The Bertz CT molecular complexity index is 820. The molecule has 0 amide bonds. The zero-order valence-electron chi connectivity index (χ0n) is 10.3. The van der Waals surface area contributed by atoms with Crippen molar-refractivity contribution in [2.24, 2.45) is 0 Å². The van der Waals surface area contributed by atoms with Crippen molar-refractivity contribution in [3.05, 3.63) is 53.9 Å². The van der Waals surface area contributed by atoms with E-state index < -0.39 is 23.4 Å². The molecule has 0 unspecified atom stereocenters. The number of rotatable bonds is 1. The summed E-state index contributed by atoms with van der Waals surface area (Å²) in [4.78, 5) is 6.38. The number of aromatic amines is 1. The second-order valence-corrected chi connectivity index (χ2v) is 4.41. The van der Waals surface area contributed by atoms with E-state index in [2.05, 4.69) is 9.97 Å². The van der Waals surface area contributed by atoms with Crippen LogP contribution in [0.4, 0.5) is 22.0 Å². The van der Waals surface area contributed by atoms with Gasteiger partial charge in [-0.1, -0.05) is 12.1 Å². The zero-order chi connectivity index (χ0) is 15.2. The molecule has 0 bridgehead atoms. The van der Waals surface area contributed by atoms with E-state index in [9.17, 15) is 22.0 Å². The Hall–Kier alpha value is -2.44. The van der Waals surface area contributed by atoms with Crippen LogP contribution in [0.3, 0.4) is 0 Å². The number of fused-ring (bicyclic) bond motifs is 1. The van der Waals surface area contributed by atoms with E-state index in [1.165, 1.54) is 12.3 Å². The van der Waals surface area contributed by atoms with Crippen molar-refractivity contribution in [3.63, 3.8) is 0 Å². The van der Waals surface area contributed by atoms with Crippen molar-refractivity contribution >= 4 is 11.0 Å². The normalized spacial score (nSPS) is 12.0. The number of aromatic nitrogens is 2. The minimum atomic E-state index is -4.86. The Morgan fingerprint density at radius 1 is 1.05 bits per heavy atom. The van der Waals surface area contributed by atoms with E-state index in [1.807, 2.05) is 0 Å². The zero-order valence-corrected chi connectivity index (χ0v) is 10.3. The standard InChI is InChI=1S/C14H7F5N2/c15-7-4-9-10(6-21-13(9)20-5-7)8-2-1-3-11(16)12(8)14(17,18)19/h1-6H,(H,20,21). The van der Waals surface area contributed by atoms with Gasteiger partial charge >= 0.3 is 6.18 Å². The lowest BCUT2D eigenvalue weighted by atomic mass is 9.99. The SMILES string of the molecule is Fc1cnc2[nH]cc(-c3cccc(F)c3C(F)(F)F)c2c1. The Morgan fingerprint density at radius 2 is 1.81 bits per heavy atom. The van der Waals surface area contributed by atoms with Crippen LogP contribution in [-0.4, -0.2) is 9.97 Å². The molecule has 108 valence electrons. The predicted octanol–water partition coefficient (Wildman–Crippen LogP) is 4.53. The third kappa shape index (κ3) is 2.24. The molecule has 0 radical (unpaired) electrons. The first-order valence-corrected chi connectivity index (χ1v) is 5.86. The molecule has 0 aliphatic carbocycles. The lowest BCUT2D eigenvalue weighted by Crippen LogP contribution is -2.10. The lowest BCUT2D eigenvalue weighted by molar-refractivity contribution is -0.139. The summed E-state index contributed by atoms with van der Waals surface area (Å²) in [5.74, 6) is -2.06. The van der Waals surface area contributed by atoms with Gasteiger partial charge in [0.05, 0.1) is 11.8 Å². The van der Waals surface area contributed by atoms with E-state index in [1.54, 1.807) is 0 Å². The molecule has 1 N–H and O–H groups in total. The molecule has 2 aromatic heterocycles. The summed E-state index contributed by atoms with van der Waals surface area (Å²) in [7, 11) is 0. The molecule has 7 heteroatoms. The summed E-state index contributed by atoms with van der Waals surface area (Å²) < 4.78 is 66.0. The van der Waals surface area contributed by atoms with Crippen LogP contribution in [0, 0.1) is 11.6 Å². The highest BCUT2D eigenvalue weighted by Crippen LogP contribution is 2.40. The summed E-state index contributed by atoms with van der Waals surface area (Å²) in [6, 6.07) is 4.10. The first-order chi connectivity index (χ1) is 9.88. The van der Waals surface area contributed by atoms with Crippen LogP contribution in [0.15, 0.2) is 36.7 Å². The van der Waals surface area contributed by atoms with Crippen molar-refractivity contribution < 1.29 is 22.0 Å². The van der Waals surface area contributed by atoms with E-state index in [0.717, 1.165) is 24.4 Å². The number of hydrogen-bond donors (Lipinski definition) is 1. The maximum atomic E-state index is 13.6. The van der Waals surface area contributed by atoms with Crippen LogP contribution >= 0.6 is 0 Å². The summed E-state index contributed by atoms with van der Waals surface area (Å²) in [6.07, 6.45) is -2.66. The maximum absolute atomic E-state index is 13.6. The van der Waals surface area contributed by atoms with Gasteiger partial charge in [0.15, 0.2) is 0 Å². The summed E-state index contributed by atoms with van der Waals surface area (Å²) in [5, 5.41) is 0.158. The van der Waals surface area contributed by atoms with Crippen molar-refractivity contribution in [3.8, 4) is 11.1 Å². The quantitative estimate of drug-likeness (QED) is 0.657. The first kappa shape index (κ1) is 13.5. The smallest absolute Gasteiger partial charge is 0.346 e. The summed E-state index contributed by atoms with van der Waals surface area (Å²) in [5.41, 5.74) is -1.47. The van der Waals surface area contributed by atoms with Gasteiger partial charge in [0.25, 0.3) is 0 Å². The number of H-pyrrole nitrogens is 1. The average molecular weight is 298 g/mol. The number of nitrogens with one attached hydrogen (secondary N) is 1. The van der Waals surface area contributed by atoms with Crippen LogP contribution in [0.5, 0.6) is 0 Å². The van der Waals surface area contributed by atoms with Crippen LogP contribution < -0.4 is 0 Å². The van der Waals surface area contributed by atoms with Gasteiger partial charge in [0, 0.05) is 17.1 Å². The third-order valence-electron chi connectivity index (χ3n) is 3.08. The molecular weight excluding hydrogens is 291 g/mol. The predicted molar refractivity (Wildman–Crippen MR) is 66.4 cm³/mol. The number of hydrogen-bond acceptors (Lipinski definition) is 1. The number of pyridine rings is 1. The van der Waals surface area contributed by atoms with Gasteiger partial charge in [-0.25, -0.2) is 13.8 Å². The van der Waals surface area contributed by atoms with Crippen LogP contribution in [0.2, 0.25) is 0 Å². The molecule has 0 aliphatic rings. The molecule has 0 atom stereocenters. The number of benzene rings is 1. The van der Waals surface area contributed by atoms with Crippen molar-refractivity contribution in [2.45, 2.75) is 6.18 Å². The van der Waals surface area contributed by atoms with Gasteiger partial charge in [-0.15, -0.1) is 0 Å². The van der Waals surface area contributed by atoms with E-state index in [0.29, 0.717) is 0 Å². The average Bonchev–Trinajstić information content (AvgIpc) is 2.79. The summed E-state index contributed by atoms with van der Waals surface area (Å²) in [6.45, 7) is 0. The van der Waals surface area contributed by atoms with Gasteiger partial charge in [-0.05, 0) is 17.7 Å². The topological polar surface area (TPSA) is 28.7 Å². The van der Waals surface area contributed by atoms with Crippen molar-refractivity contribution in [1.82, 2.24) is 9.97 Å². The molecule has 21 heavy (non-hydrogen) atoms. The van der Waals surface area contributed by atoms with Crippen LogP contribution in [0.25, 0.3) is 22.2 Å². The molecule has 3 aromatic rings. The highest BCUT2D eigenvalue weighted by Gasteiger charge is 2.37. The van der Waals surface area contributed by atoms with E-state index in [-0.39, 0.29) is 22.2 Å². The molecule has 0 aliphatic heterocycles. The van der Waals surface area contributed by atoms with E-state index in [4.69, 9.17) is 0 Å². The molecule has 0 fully saturated rings. The largest absolute Gasteiger partial charge is 0.419 e. The minimum Gasteiger partial charge on any atom is -0.346 e. The molecule has 2 heterocycles. The highest BCUT2D eigenvalue weighted by molar-refractivity contribution is 5.94. The van der Waals surface area contributed by atoms with Gasteiger partial charge in [0.2, 0.25) is 0 Å². The third-order valence-corrected chi connectivity index (χ3v) is 3.08. The Labute approximate surface area is 115 Å². The molecule has 3 rings (SSSR count). The van der Waals surface area contributed by atoms with Crippen molar-refractivity contribution in [1.29, 1.82) is 0 Å². The number of alkyl halides is 3. The second-order valence-electron chi connectivity index (χ2n) is 4.41. The number of nitrogens with zero attached hydrogens (tertiary/aromatic N) is 1. The fourth-order valence-electron chi connectivity index (χ4n) is 2.24. The molecule has 1 aromatic carbocycles. The lowest BCUT2D eigenvalue weighted by Gasteiger charge is -2.13. The van der Waals surface area contributed by atoms with Gasteiger partial charge in [0.1, 0.15) is 17.3 Å². The second kappa shape index (κ2) is 4.54. The first-order valence-electron chi connectivity index (χ1n) is 5.86. The summed E-state index contributed by atoms with van der Waals surface area (Å²) >= 11 is 0. The molecule has 0 saturated carbocycles. The molecule has 0 saturated heterocycles. The Balaban J connectivity index is 2.34. The number of halogens is 5. The highest BCUT2D eigenvalue weighted by atomic mass is 19.4. The van der Waals surface area contributed by atoms with Crippen LogP contribution in [0.1, 0.15) is 5.56 Å². The molecule has 2 nitrogen and oxygen atoms in total. The molecular formula is C14H7F5N2. The molecule has 0 spiro atoms. The fraction of sp³-hybridized carbons (Fsp3) is 0.0714. The van der Waals surface area contributed by atoms with Gasteiger partial charge < -0.3 is 4.98 Å². The maximum Gasteiger partial charge on any atom is 0.419 e. The van der Waals surface area contributed by atoms with E-state index >= 15 is 0 Å². The van der Waals surface area contributed by atoms with Gasteiger partial charge in [-0.2, -0.15) is 13.2 Å². The monoisotopic (exact) mass is 298 g/mol. The van der Waals surface area contributed by atoms with Gasteiger partial charge in [-0.3, -0.25) is 0 Å². The fourth-order valence-corrected chi connectivity index (χ4v) is 2.24. The van der Waals surface area contributed by atoms with Crippen LogP contribution in [-0.2, 0) is 6.18 Å². The Morgan fingerprint density at radius 3 is 2.52 bits per heavy atom. The Kier molecular flexibility index (Phi) is 2.93. The minimum absolute atomic E-state index is 0.0452.